The van der Waals surface area contributed by atoms with E-state index in [9.17, 15) is 14.4 Å². The number of nitrogens with zero attached hydrogens (tertiary/aromatic N) is 2. The lowest BCUT2D eigenvalue weighted by Crippen LogP contribution is -2.28. The van der Waals surface area contributed by atoms with Crippen molar-refractivity contribution in [2.45, 2.75) is 13.1 Å². The molecule has 0 aliphatic carbocycles. The van der Waals surface area contributed by atoms with Crippen LogP contribution >= 0.6 is 11.8 Å². The maximum absolute atomic E-state index is 12.4. The number of amides is 1. The van der Waals surface area contributed by atoms with Crippen LogP contribution in [0.5, 0.6) is 5.75 Å². The highest BCUT2D eigenvalue weighted by Crippen LogP contribution is 2.24. The first-order valence-corrected chi connectivity index (χ1v) is 7.78. The molecule has 0 radical (unpaired) electrons. The van der Waals surface area contributed by atoms with Gasteiger partial charge in [0, 0.05) is 17.6 Å². The fourth-order valence-electron chi connectivity index (χ4n) is 2.23. The number of rotatable bonds is 5. The summed E-state index contributed by atoms with van der Waals surface area (Å²) in [5.74, 6) is -1.46. The molecular weight excluding hydrogens is 336 g/mol. The zero-order valence-electron chi connectivity index (χ0n) is 12.2. The number of hydrogen-bond donors (Lipinski definition) is 3. The molecule has 0 saturated heterocycles. The number of fused-ring (bicyclic) bond motifs is 1. The summed E-state index contributed by atoms with van der Waals surface area (Å²) < 4.78 is 0. The van der Waals surface area contributed by atoms with Gasteiger partial charge < -0.3 is 19.8 Å². The van der Waals surface area contributed by atoms with Crippen molar-refractivity contribution in [2.75, 3.05) is 6.54 Å². The average molecular weight is 348 g/mol. The number of aliphatic imine (C=N–C) groups is 1. The van der Waals surface area contributed by atoms with Crippen LogP contribution in [-0.2, 0) is 22.7 Å². The van der Waals surface area contributed by atoms with Crippen molar-refractivity contribution in [1.82, 2.24) is 15.4 Å². The standard InChI is InChI=1S/C14H12N4O5S/c19-12(20)4-16-23-11-3-8-5-18(6-10(8)17-13(11)21)14(22)9-1-2-24-7-15-9/h2-3,7,16H,4-6H2,(H,17,21)(H,19,20). The molecule has 0 atom stereocenters. The molecule has 0 fully saturated rings. The van der Waals surface area contributed by atoms with E-state index in [0.717, 1.165) is 0 Å². The van der Waals surface area contributed by atoms with E-state index in [2.05, 4.69) is 21.2 Å². The number of H-pyrrole nitrogens is 1. The minimum absolute atomic E-state index is 0.0597. The average Bonchev–Trinajstić information content (AvgIpc) is 2.97. The van der Waals surface area contributed by atoms with Crippen molar-refractivity contribution >= 4 is 29.2 Å². The Morgan fingerprint density at radius 1 is 1.50 bits per heavy atom. The van der Waals surface area contributed by atoms with E-state index in [0.29, 0.717) is 11.3 Å². The Bertz CT molecular complexity index is 853. The molecule has 2 aliphatic rings. The molecule has 0 bridgehead atoms. The molecule has 1 aromatic heterocycles. The fraction of sp³-hybridized carbons (Fsp3) is 0.214. The van der Waals surface area contributed by atoms with Crippen molar-refractivity contribution in [2.24, 2.45) is 4.99 Å². The Labute approximate surface area is 139 Å². The smallest absolute Gasteiger partial charge is 0.320 e. The second-order valence-corrected chi connectivity index (χ2v) is 5.64. The van der Waals surface area contributed by atoms with Gasteiger partial charge in [0.2, 0.25) is 5.75 Å². The molecule has 9 nitrogen and oxygen atoms in total. The summed E-state index contributed by atoms with van der Waals surface area (Å²) in [5, 5.41) is 10.2. The summed E-state index contributed by atoms with van der Waals surface area (Å²) in [7, 11) is 0. The molecule has 2 aliphatic heterocycles. The Kier molecular flexibility index (Phi) is 4.52. The summed E-state index contributed by atoms with van der Waals surface area (Å²) >= 11 is 1.33. The van der Waals surface area contributed by atoms with E-state index in [-0.39, 0.29) is 30.4 Å². The Morgan fingerprint density at radius 2 is 2.33 bits per heavy atom. The zero-order chi connectivity index (χ0) is 17.1. The van der Waals surface area contributed by atoms with Gasteiger partial charge >= 0.3 is 5.97 Å². The maximum atomic E-state index is 12.4. The first kappa shape index (κ1) is 16.1. The third kappa shape index (κ3) is 3.40. The van der Waals surface area contributed by atoms with E-state index in [1.165, 1.54) is 22.7 Å². The van der Waals surface area contributed by atoms with Crippen molar-refractivity contribution in [3.05, 3.63) is 44.5 Å². The lowest BCUT2D eigenvalue weighted by Gasteiger charge is -2.14. The lowest BCUT2D eigenvalue weighted by molar-refractivity contribution is -0.137. The van der Waals surface area contributed by atoms with Crippen molar-refractivity contribution < 1.29 is 19.5 Å². The Hall–Kier alpha value is -2.81. The topological polar surface area (TPSA) is 124 Å². The van der Waals surface area contributed by atoms with Crippen LogP contribution in [0.25, 0.3) is 0 Å². The number of carboxylic acids is 1. The van der Waals surface area contributed by atoms with Crippen molar-refractivity contribution in [3.8, 4) is 5.75 Å². The van der Waals surface area contributed by atoms with E-state index in [1.54, 1.807) is 11.0 Å². The number of aliphatic carboxylic acids is 1. The van der Waals surface area contributed by atoms with Gasteiger partial charge in [0.25, 0.3) is 11.5 Å². The van der Waals surface area contributed by atoms with E-state index < -0.39 is 18.1 Å². The number of pyridine rings is 1. The van der Waals surface area contributed by atoms with Crippen LogP contribution in [0.15, 0.2) is 32.7 Å². The molecule has 0 saturated carbocycles. The van der Waals surface area contributed by atoms with E-state index >= 15 is 0 Å². The summed E-state index contributed by atoms with van der Waals surface area (Å²) in [6.07, 6.45) is 0. The monoisotopic (exact) mass is 348 g/mol. The van der Waals surface area contributed by atoms with Gasteiger partial charge in [-0.3, -0.25) is 14.4 Å². The highest BCUT2D eigenvalue weighted by atomic mass is 32.2. The van der Waals surface area contributed by atoms with E-state index in [1.807, 2.05) is 0 Å². The van der Waals surface area contributed by atoms with Gasteiger partial charge in [-0.1, -0.05) is 17.5 Å². The normalized spacial score (nSPS) is 15.2. The number of aromatic nitrogens is 1. The molecule has 3 N–H and O–H groups in total. The second-order valence-electron chi connectivity index (χ2n) is 4.93. The predicted molar refractivity (Wildman–Crippen MR) is 85.3 cm³/mol. The third-order valence-corrected chi connectivity index (χ3v) is 3.77. The SMILES string of the molecule is O=C(O)CNOc1cc2c([nH]c1=O)CN(C(=O)C1=C=CSC=N1)C2. The molecule has 24 heavy (non-hydrogen) atoms. The van der Waals surface area contributed by atoms with Gasteiger partial charge in [0.05, 0.1) is 12.1 Å². The van der Waals surface area contributed by atoms with E-state index in [4.69, 9.17) is 9.94 Å². The number of nitrogens with one attached hydrogen (secondary N) is 2. The van der Waals surface area contributed by atoms with Crippen molar-refractivity contribution in [3.63, 3.8) is 0 Å². The van der Waals surface area contributed by atoms with Crippen LogP contribution in [-0.4, -0.2) is 39.0 Å². The molecule has 3 rings (SSSR count). The van der Waals surface area contributed by atoms with Gasteiger partial charge in [-0.25, -0.2) is 4.99 Å². The molecule has 0 unspecified atom stereocenters. The summed E-state index contributed by atoms with van der Waals surface area (Å²) in [4.78, 5) is 47.8. The minimum Gasteiger partial charge on any atom is -0.480 e. The van der Waals surface area contributed by atoms with Crippen LogP contribution in [0.3, 0.4) is 0 Å². The molecular formula is C14H12N4O5S. The highest BCUT2D eigenvalue weighted by Gasteiger charge is 2.27. The molecule has 10 heteroatoms. The number of carbonyl (C=O) groups is 2. The number of carboxylic acid groups (broad SMARTS) is 1. The molecule has 1 aromatic rings. The maximum Gasteiger partial charge on any atom is 0.320 e. The largest absolute Gasteiger partial charge is 0.480 e. The third-order valence-electron chi connectivity index (χ3n) is 3.29. The van der Waals surface area contributed by atoms with Gasteiger partial charge in [0.15, 0.2) is 5.70 Å². The predicted octanol–water partition coefficient (Wildman–Crippen LogP) is -0.0433. The van der Waals surface area contributed by atoms with Crippen LogP contribution in [0, 0.1) is 0 Å². The minimum atomic E-state index is -1.11. The zero-order valence-corrected chi connectivity index (χ0v) is 13.1. The number of aromatic amines is 1. The Morgan fingerprint density at radius 3 is 3.04 bits per heavy atom. The molecule has 0 spiro atoms. The summed E-state index contributed by atoms with van der Waals surface area (Å²) in [5.41, 5.74) is 7.55. The first-order chi connectivity index (χ1) is 11.5. The number of carbonyl (C=O) groups excluding carboxylic acids is 1. The van der Waals surface area contributed by atoms with Gasteiger partial charge in [-0.05, 0) is 11.6 Å². The molecule has 0 aromatic carbocycles. The summed E-state index contributed by atoms with van der Waals surface area (Å²) in [6, 6.07) is 1.49. The van der Waals surface area contributed by atoms with Crippen LogP contribution < -0.4 is 15.9 Å². The van der Waals surface area contributed by atoms with Crippen LogP contribution in [0.2, 0.25) is 0 Å². The van der Waals surface area contributed by atoms with Gasteiger partial charge in [-0.15, -0.1) is 5.48 Å². The molecule has 124 valence electrons. The second kappa shape index (κ2) is 6.75. The molecule has 3 heterocycles. The molecule has 1 amide bonds. The quantitative estimate of drug-likeness (QED) is 0.504. The Balaban J connectivity index is 1.74. The fourth-order valence-corrected chi connectivity index (χ4v) is 2.63. The number of hydroxylamine groups is 1. The number of thioether (sulfide) groups is 1. The summed E-state index contributed by atoms with van der Waals surface area (Å²) in [6.45, 7) is 0.0891. The van der Waals surface area contributed by atoms with Crippen LogP contribution in [0.1, 0.15) is 11.3 Å². The first-order valence-electron chi connectivity index (χ1n) is 6.83. The highest BCUT2D eigenvalue weighted by molar-refractivity contribution is 8.14. The number of hydrogen-bond acceptors (Lipinski definition) is 7. The van der Waals surface area contributed by atoms with Crippen LogP contribution in [0.4, 0.5) is 0 Å². The van der Waals surface area contributed by atoms with Crippen molar-refractivity contribution in [1.29, 1.82) is 0 Å². The van der Waals surface area contributed by atoms with Gasteiger partial charge in [0.1, 0.15) is 6.54 Å². The lowest BCUT2D eigenvalue weighted by atomic mass is 10.2. The van der Waals surface area contributed by atoms with Gasteiger partial charge in [-0.2, -0.15) is 0 Å².